The largest absolute Gasteiger partial charge is 0.383 e. The van der Waals surface area contributed by atoms with Crippen molar-refractivity contribution >= 4 is 11.4 Å². The second kappa shape index (κ2) is 11.6. The molecule has 1 unspecified atom stereocenters. The molecule has 1 aromatic carbocycles. The van der Waals surface area contributed by atoms with E-state index in [4.69, 9.17) is 9.47 Å². The molecule has 0 radical (unpaired) electrons. The van der Waals surface area contributed by atoms with Gasteiger partial charge in [0.2, 0.25) is 0 Å². The molecule has 3 aromatic rings. The average Bonchev–Trinajstić information content (AvgIpc) is 3.43. The van der Waals surface area contributed by atoms with Gasteiger partial charge in [-0.2, -0.15) is 5.10 Å². The van der Waals surface area contributed by atoms with Crippen LogP contribution in [0.25, 0.3) is 5.69 Å². The standard InChI is InChI=1S/C29H37N7O2/c1-37-17-16-34-12-3-13-35(27-19-31-36(20-27)26-4-2-11-30-18-26)29(34)32-25-7-5-23(6-8-25)24-9-14-33(15-10-24)28-21-38-22-28/h2-8,11-12,18-20,24,28-29,32H,9-10,13-17,21-22H2,1H3. The van der Waals surface area contributed by atoms with Crippen molar-refractivity contribution in [3.05, 3.63) is 79.0 Å². The van der Waals surface area contributed by atoms with Crippen LogP contribution in [0.1, 0.15) is 24.3 Å². The molecule has 2 saturated heterocycles. The smallest absolute Gasteiger partial charge is 0.178 e. The van der Waals surface area contributed by atoms with Crippen molar-refractivity contribution in [2.24, 2.45) is 0 Å². The number of nitrogens with one attached hydrogen (secondary N) is 1. The van der Waals surface area contributed by atoms with Gasteiger partial charge in [0.15, 0.2) is 6.29 Å². The molecular weight excluding hydrogens is 478 g/mol. The first-order valence-electron chi connectivity index (χ1n) is 13.6. The Hall–Kier alpha value is -3.40. The van der Waals surface area contributed by atoms with Gasteiger partial charge in [0, 0.05) is 38.3 Å². The Balaban J connectivity index is 1.16. The zero-order valence-corrected chi connectivity index (χ0v) is 22.0. The number of methoxy groups -OCH3 is 1. The summed E-state index contributed by atoms with van der Waals surface area (Å²) in [6, 6.07) is 13.6. The maximum atomic E-state index is 5.41. The summed E-state index contributed by atoms with van der Waals surface area (Å²) in [5, 5.41) is 8.39. The third-order valence-corrected chi connectivity index (χ3v) is 7.92. The molecule has 3 aliphatic rings. The van der Waals surface area contributed by atoms with Gasteiger partial charge >= 0.3 is 0 Å². The van der Waals surface area contributed by atoms with Crippen molar-refractivity contribution in [1.82, 2.24) is 24.6 Å². The monoisotopic (exact) mass is 515 g/mol. The second-order valence-corrected chi connectivity index (χ2v) is 10.3. The van der Waals surface area contributed by atoms with Gasteiger partial charge < -0.3 is 24.6 Å². The molecule has 0 saturated carbocycles. The van der Waals surface area contributed by atoms with Crippen molar-refractivity contribution in [2.45, 2.75) is 31.1 Å². The van der Waals surface area contributed by atoms with Gasteiger partial charge in [-0.25, -0.2) is 4.68 Å². The third-order valence-electron chi connectivity index (χ3n) is 7.92. The van der Waals surface area contributed by atoms with Gasteiger partial charge in [-0.1, -0.05) is 12.1 Å². The lowest BCUT2D eigenvalue weighted by Crippen LogP contribution is -2.54. The van der Waals surface area contributed by atoms with Crippen molar-refractivity contribution in [3.63, 3.8) is 0 Å². The summed E-state index contributed by atoms with van der Waals surface area (Å²) in [6.45, 7) is 6.36. The van der Waals surface area contributed by atoms with Gasteiger partial charge in [-0.15, -0.1) is 0 Å². The summed E-state index contributed by atoms with van der Waals surface area (Å²) in [5.74, 6) is 0.631. The maximum Gasteiger partial charge on any atom is 0.178 e. The molecule has 200 valence electrons. The van der Waals surface area contributed by atoms with Crippen LogP contribution in [-0.2, 0) is 9.47 Å². The lowest BCUT2D eigenvalue weighted by molar-refractivity contribution is -0.0712. The Morgan fingerprint density at radius 2 is 1.89 bits per heavy atom. The fourth-order valence-electron chi connectivity index (χ4n) is 5.58. The molecule has 2 fully saturated rings. The molecule has 2 aromatic heterocycles. The van der Waals surface area contributed by atoms with Crippen molar-refractivity contribution < 1.29 is 9.47 Å². The lowest BCUT2D eigenvalue weighted by atomic mass is 9.88. The molecule has 5 heterocycles. The first-order chi connectivity index (χ1) is 18.8. The van der Waals surface area contributed by atoms with Gasteiger partial charge in [-0.05, 0) is 67.8 Å². The summed E-state index contributed by atoms with van der Waals surface area (Å²) in [4.78, 5) is 11.4. The minimum atomic E-state index is -0.0690. The molecule has 1 atom stereocenters. The summed E-state index contributed by atoms with van der Waals surface area (Å²) >= 11 is 0. The van der Waals surface area contributed by atoms with E-state index in [0.717, 1.165) is 43.4 Å². The number of ether oxygens (including phenoxy) is 2. The van der Waals surface area contributed by atoms with E-state index in [0.29, 0.717) is 18.6 Å². The molecule has 9 heteroatoms. The highest BCUT2D eigenvalue weighted by atomic mass is 16.5. The van der Waals surface area contributed by atoms with Crippen LogP contribution in [0.15, 0.2) is 73.5 Å². The molecular formula is C29H37N7O2. The average molecular weight is 516 g/mol. The number of hydrogen-bond acceptors (Lipinski definition) is 8. The zero-order valence-electron chi connectivity index (χ0n) is 22.0. The number of anilines is 2. The topological polar surface area (TPSA) is 70.9 Å². The van der Waals surface area contributed by atoms with E-state index in [1.165, 1.54) is 31.5 Å². The van der Waals surface area contributed by atoms with E-state index in [-0.39, 0.29) is 6.29 Å². The van der Waals surface area contributed by atoms with Gasteiger partial charge in [0.1, 0.15) is 0 Å². The molecule has 6 rings (SSSR count). The fourth-order valence-corrected chi connectivity index (χ4v) is 5.58. The molecule has 0 spiro atoms. The Morgan fingerprint density at radius 1 is 1.05 bits per heavy atom. The number of piperidine rings is 1. The number of nitrogens with zero attached hydrogens (tertiary/aromatic N) is 6. The van der Waals surface area contributed by atoms with E-state index in [9.17, 15) is 0 Å². The van der Waals surface area contributed by atoms with Crippen LogP contribution in [0.4, 0.5) is 11.4 Å². The normalized spacial score (nSPS) is 21.0. The van der Waals surface area contributed by atoms with Gasteiger partial charge in [-0.3, -0.25) is 9.88 Å². The highest BCUT2D eigenvalue weighted by Gasteiger charge is 2.30. The van der Waals surface area contributed by atoms with Crippen LogP contribution < -0.4 is 10.2 Å². The Morgan fingerprint density at radius 3 is 2.61 bits per heavy atom. The van der Waals surface area contributed by atoms with Crippen LogP contribution in [0, 0.1) is 0 Å². The van der Waals surface area contributed by atoms with Crippen LogP contribution in [0.5, 0.6) is 0 Å². The summed E-state index contributed by atoms with van der Waals surface area (Å²) < 4.78 is 12.7. The number of hydrogen-bond donors (Lipinski definition) is 1. The van der Waals surface area contributed by atoms with E-state index < -0.39 is 0 Å². The minimum Gasteiger partial charge on any atom is -0.383 e. The first kappa shape index (κ1) is 24.9. The number of benzene rings is 1. The predicted molar refractivity (Wildman–Crippen MR) is 148 cm³/mol. The van der Waals surface area contributed by atoms with Crippen LogP contribution in [-0.4, -0.2) is 90.0 Å². The fraction of sp³-hybridized carbons (Fsp3) is 0.448. The molecule has 1 N–H and O–H groups in total. The molecule has 3 aliphatic heterocycles. The number of likely N-dealkylation sites (tertiary alicyclic amines) is 1. The molecule has 0 amide bonds. The maximum absolute atomic E-state index is 5.41. The number of pyridine rings is 1. The Bertz CT molecular complexity index is 1190. The first-order valence-corrected chi connectivity index (χ1v) is 13.6. The molecule has 0 aliphatic carbocycles. The van der Waals surface area contributed by atoms with Crippen molar-refractivity contribution in [3.8, 4) is 5.69 Å². The van der Waals surface area contributed by atoms with Gasteiger partial charge in [0.05, 0.1) is 55.8 Å². The van der Waals surface area contributed by atoms with E-state index in [1.807, 2.05) is 29.2 Å². The molecule has 0 bridgehead atoms. The third kappa shape index (κ3) is 5.41. The van der Waals surface area contributed by atoms with Crippen molar-refractivity contribution in [2.75, 3.05) is 63.3 Å². The van der Waals surface area contributed by atoms with Crippen LogP contribution in [0.2, 0.25) is 0 Å². The second-order valence-electron chi connectivity index (χ2n) is 10.3. The number of aromatic nitrogens is 3. The highest BCUT2D eigenvalue weighted by molar-refractivity contribution is 5.53. The molecule has 9 nitrogen and oxygen atoms in total. The van der Waals surface area contributed by atoms with Crippen LogP contribution in [0.3, 0.4) is 0 Å². The predicted octanol–water partition coefficient (Wildman–Crippen LogP) is 3.52. The van der Waals surface area contributed by atoms with Gasteiger partial charge in [0.25, 0.3) is 0 Å². The Labute approximate surface area is 224 Å². The van der Waals surface area contributed by atoms with Crippen LogP contribution >= 0.6 is 0 Å². The number of rotatable bonds is 9. The molecule has 38 heavy (non-hydrogen) atoms. The SMILES string of the molecule is COCCN1C=CCN(c2cnn(-c3cccnc3)c2)C1Nc1ccc(C2CCN(C3COC3)CC2)cc1. The summed E-state index contributed by atoms with van der Waals surface area (Å²) in [6.07, 6.45) is 14.3. The zero-order chi connectivity index (χ0) is 25.7. The quantitative estimate of drug-likeness (QED) is 0.464. The van der Waals surface area contributed by atoms with E-state index in [1.54, 1.807) is 13.3 Å². The summed E-state index contributed by atoms with van der Waals surface area (Å²) in [7, 11) is 1.75. The van der Waals surface area contributed by atoms with E-state index in [2.05, 4.69) is 72.8 Å². The highest BCUT2D eigenvalue weighted by Crippen LogP contribution is 2.31. The summed E-state index contributed by atoms with van der Waals surface area (Å²) in [5.41, 5.74) is 4.52. The minimum absolute atomic E-state index is 0.0690. The van der Waals surface area contributed by atoms with Crippen molar-refractivity contribution in [1.29, 1.82) is 0 Å². The Kier molecular flexibility index (Phi) is 7.57. The lowest BCUT2D eigenvalue weighted by Gasteiger charge is -2.43. The van der Waals surface area contributed by atoms with E-state index >= 15 is 0 Å².